The van der Waals surface area contributed by atoms with Gasteiger partial charge in [-0.25, -0.2) is 4.98 Å². The second kappa shape index (κ2) is 3.75. The maximum atomic E-state index is 6.00. The highest BCUT2D eigenvalue weighted by Crippen LogP contribution is 2.26. The summed E-state index contributed by atoms with van der Waals surface area (Å²) in [4.78, 5) is 10.1. The van der Waals surface area contributed by atoms with Crippen molar-refractivity contribution in [2.45, 2.75) is 12.8 Å². The molecule has 1 aliphatic heterocycles. The molecular weight excluding hydrogens is 222 g/mol. The molecular formula is C12H14ClN3. The van der Waals surface area contributed by atoms with Gasteiger partial charge in [0.2, 0.25) is 0 Å². The van der Waals surface area contributed by atoms with Crippen LogP contribution in [0.3, 0.4) is 0 Å². The summed E-state index contributed by atoms with van der Waals surface area (Å²) in [6.45, 7) is 2.21. The first-order valence-corrected chi connectivity index (χ1v) is 5.95. The fourth-order valence-electron chi connectivity index (χ4n) is 2.37. The Labute approximate surface area is 99.4 Å². The Kier molecular flexibility index (Phi) is 2.37. The number of aromatic amines is 1. The van der Waals surface area contributed by atoms with Crippen LogP contribution in [-0.2, 0) is 12.8 Å². The first-order chi connectivity index (χ1) is 7.74. The lowest BCUT2D eigenvalue weighted by molar-refractivity contribution is 0.352. The van der Waals surface area contributed by atoms with Crippen molar-refractivity contribution in [1.82, 2.24) is 14.9 Å². The zero-order valence-corrected chi connectivity index (χ0v) is 10.0. The van der Waals surface area contributed by atoms with Crippen molar-refractivity contribution in [2.24, 2.45) is 0 Å². The number of nitrogens with zero attached hydrogens (tertiary/aromatic N) is 2. The summed E-state index contributed by atoms with van der Waals surface area (Å²) in [7, 11) is 2.17. The topological polar surface area (TPSA) is 31.9 Å². The van der Waals surface area contributed by atoms with E-state index >= 15 is 0 Å². The lowest BCUT2D eigenvalue weighted by Crippen LogP contribution is -2.21. The van der Waals surface area contributed by atoms with E-state index < -0.39 is 0 Å². The summed E-state index contributed by atoms with van der Waals surface area (Å²) in [5.41, 5.74) is 3.70. The predicted molar refractivity (Wildman–Crippen MR) is 66.0 cm³/mol. The number of nitrogens with one attached hydrogen (secondary N) is 1. The highest BCUT2D eigenvalue weighted by molar-refractivity contribution is 6.31. The Morgan fingerprint density at radius 1 is 1.38 bits per heavy atom. The third-order valence-electron chi connectivity index (χ3n) is 3.30. The van der Waals surface area contributed by atoms with Crippen molar-refractivity contribution >= 4 is 22.6 Å². The van der Waals surface area contributed by atoms with Crippen molar-refractivity contribution in [1.29, 1.82) is 0 Å². The highest BCUT2D eigenvalue weighted by Gasteiger charge is 2.16. The van der Waals surface area contributed by atoms with Gasteiger partial charge in [0, 0.05) is 36.8 Å². The molecule has 0 saturated carbocycles. The minimum Gasteiger partial charge on any atom is -0.343 e. The quantitative estimate of drug-likeness (QED) is 0.760. The normalized spacial score (nSPS) is 17.4. The average Bonchev–Trinajstić information content (AvgIpc) is 2.50. The fraction of sp³-hybridized carbons (Fsp3) is 0.417. The van der Waals surface area contributed by atoms with Crippen LogP contribution in [-0.4, -0.2) is 35.0 Å². The number of halogens is 1. The van der Waals surface area contributed by atoms with Gasteiger partial charge in [-0.15, -0.1) is 0 Å². The first kappa shape index (κ1) is 10.1. The molecule has 3 rings (SSSR count). The SMILES string of the molecule is CN1CCc2[nH]c3ncc(Cl)cc3c2CC1. The monoisotopic (exact) mass is 235 g/mol. The molecule has 0 amide bonds. The van der Waals surface area contributed by atoms with Crippen LogP contribution in [0, 0.1) is 0 Å². The number of hydrogen-bond acceptors (Lipinski definition) is 2. The van der Waals surface area contributed by atoms with Gasteiger partial charge in [0.25, 0.3) is 0 Å². The molecule has 0 aromatic carbocycles. The zero-order chi connectivity index (χ0) is 11.1. The Hall–Kier alpha value is -1.06. The van der Waals surface area contributed by atoms with Crippen LogP contribution in [0.15, 0.2) is 12.3 Å². The molecule has 0 saturated heterocycles. The Balaban J connectivity index is 2.16. The number of rotatable bonds is 0. The third-order valence-corrected chi connectivity index (χ3v) is 3.51. The van der Waals surface area contributed by atoms with Crippen LogP contribution < -0.4 is 0 Å². The maximum Gasteiger partial charge on any atom is 0.137 e. The molecule has 0 bridgehead atoms. The van der Waals surface area contributed by atoms with Gasteiger partial charge in [0.1, 0.15) is 5.65 Å². The van der Waals surface area contributed by atoms with E-state index in [1.165, 1.54) is 16.6 Å². The molecule has 1 aliphatic rings. The summed E-state index contributed by atoms with van der Waals surface area (Å²) >= 11 is 6.00. The molecule has 0 unspecified atom stereocenters. The van der Waals surface area contributed by atoms with E-state index in [0.29, 0.717) is 5.02 Å². The summed E-state index contributed by atoms with van der Waals surface area (Å²) in [5, 5.41) is 1.91. The molecule has 3 nitrogen and oxygen atoms in total. The first-order valence-electron chi connectivity index (χ1n) is 5.57. The number of likely N-dealkylation sites (N-methyl/N-ethyl adjacent to an activating group) is 1. The van der Waals surface area contributed by atoms with Gasteiger partial charge in [-0.05, 0) is 25.1 Å². The van der Waals surface area contributed by atoms with Crippen molar-refractivity contribution in [2.75, 3.05) is 20.1 Å². The van der Waals surface area contributed by atoms with Crippen LogP contribution >= 0.6 is 11.6 Å². The lowest BCUT2D eigenvalue weighted by atomic mass is 10.1. The average molecular weight is 236 g/mol. The molecule has 0 atom stereocenters. The van der Waals surface area contributed by atoms with Crippen LogP contribution in [0.5, 0.6) is 0 Å². The molecule has 3 heterocycles. The van der Waals surface area contributed by atoms with Crippen LogP contribution in [0.1, 0.15) is 11.3 Å². The second-order valence-electron chi connectivity index (χ2n) is 4.44. The van der Waals surface area contributed by atoms with Crippen molar-refractivity contribution in [3.8, 4) is 0 Å². The van der Waals surface area contributed by atoms with Gasteiger partial charge in [-0.1, -0.05) is 11.6 Å². The van der Waals surface area contributed by atoms with E-state index in [1.807, 2.05) is 6.07 Å². The van der Waals surface area contributed by atoms with Gasteiger partial charge in [0.05, 0.1) is 5.02 Å². The van der Waals surface area contributed by atoms with Crippen LogP contribution in [0.2, 0.25) is 5.02 Å². The van der Waals surface area contributed by atoms with E-state index in [-0.39, 0.29) is 0 Å². The van der Waals surface area contributed by atoms with Crippen molar-refractivity contribution < 1.29 is 0 Å². The Morgan fingerprint density at radius 3 is 3.06 bits per heavy atom. The summed E-state index contributed by atoms with van der Waals surface area (Å²) in [6.07, 6.45) is 3.85. The minimum absolute atomic E-state index is 0.715. The van der Waals surface area contributed by atoms with Gasteiger partial charge in [-0.3, -0.25) is 0 Å². The Morgan fingerprint density at radius 2 is 2.19 bits per heavy atom. The molecule has 0 aliphatic carbocycles. The van der Waals surface area contributed by atoms with Gasteiger partial charge < -0.3 is 9.88 Å². The van der Waals surface area contributed by atoms with Gasteiger partial charge in [-0.2, -0.15) is 0 Å². The lowest BCUT2D eigenvalue weighted by Gasteiger charge is -2.11. The standard InChI is InChI=1S/C12H14ClN3/c1-16-4-2-9-10-6-8(13)7-14-12(10)15-11(9)3-5-16/h6-7H,2-5H2,1H3,(H,14,15). The molecule has 0 radical (unpaired) electrons. The molecule has 0 fully saturated rings. The van der Waals surface area contributed by atoms with Crippen LogP contribution in [0.4, 0.5) is 0 Å². The molecule has 16 heavy (non-hydrogen) atoms. The molecule has 0 spiro atoms. The fourth-order valence-corrected chi connectivity index (χ4v) is 2.52. The second-order valence-corrected chi connectivity index (χ2v) is 4.87. The third kappa shape index (κ3) is 1.60. The smallest absolute Gasteiger partial charge is 0.137 e. The number of fused-ring (bicyclic) bond motifs is 3. The molecule has 2 aromatic rings. The Bertz CT molecular complexity index is 532. The highest BCUT2D eigenvalue weighted by atomic mass is 35.5. The minimum atomic E-state index is 0.715. The number of H-pyrrole nitrogens is 1. The van der Waals surface area contributed by atoms with E-state index in [0.717, 1.165) is 31.6 Å². The number of pyridine rings is 1. The molecule has 4 heteroatoms. The summed E-state index contributed by atoms with van der Waals surface area (Å²) in [5.74, 6) is 0. The molecule has 1 N–H and O–H groups in total. The van der Waals surface area contributed by atoms with E-state index in [2.05, 4.69) is 21.9 Å². The van der Waals surface area contributed by atoms with Gasteiger partial charge in [0.15, 0.2) is 0 Å². The maximum absolute atomic E-state index is 6.00. The van der Waals surface area contributed by atoms with E-state index in [4.69, 9.17) is 11.6 Å². The summed E-state index contributed by atoms with van der Waals surface area (Å²) < 4.78 is 0. The van der Waals surface area contributed by atoms with Crippen molar-refractivity contribution in [3.63, 3.8) is 0 Å². The van der Waals surface area contributed by atoms with E-state index in [1.54, 1.807) is 6.20 Å². The molecule has 84 valence electrons. The number of hydrogen-bond donors (Lipinski definition) is 1. The predicted octanol–water partition coefficient (Wildman–Crippen LogP) is 2.25. The van der Waals surface area contributed by atoms with Crippen LogP contribution in [0.25, 0.3) is 11.0 Å². The van der Waals surface area contributed by atoms with Crippen molar-refractivity contribution in [3.05, 3.63) is 28.5 Å². The largest absolute Gasteiger partial charge is 0.343 e. The molecule has 2 aromatic heterocycles. The zero-order valence-electron chi connectivity index (χ0n) is 9.26. The summed E-state index contributed by atoms with van der Waals surface area (Å²) in [6, 6.07) is 2.02. The van der Waals surface area contributed by atoms with Gasteiger partial charge >= 0.3 is 0 Å². The van der Waals surface area contributed by atoms with E-state index in [9.17, 15) is 0 Å². The number of aromatic nitrogens is 2.